The molecule has 0 aliphatic rings. The second-order valence-corrected chi connectivity index (χ2v) is 6.86. The number of carboxylic acid groups (broad SMARTS) is 1. The highest BCUT2D eigenvalue weighted by Crippen LogP contribution is 2.16. The van der Waals surface area contributed by atoms with Crippen molar-refractivity contribution < 1.29 is 18.3 Å². The van der Waals surface area contributed by atoms with Gasteiger partial charge in [0.2, 0.25) is 10.0 Å². The lowest BCUT2D eigenvalue weighted by atomic mass is 10.2. The van der Waals surface area contributed by atoms with Gasteiger partial charge >= 0.3 is 5.97 Å². The maximum Gasteiger partial charge on any atom is 0.354 e. The maximum absolute atomic E-state index is 12.1. The molecule has 0 fully saturated rings. The van der Waals surface area contributed by atoms with Gasteiger partial charge in [-0.2, -0.15) is 0 Å². The van der Waals surface area contributed by atoms with E-state index in [9.17, 15) is 13.2 Å². The zero-order chi connectivity index (χ0) is 15.5. The van der Waals surface area contributed by atoms with Gasteiger partial charge in [0.15, 0.2) is 0 Å². The van der Waals surface area contributed by atoms with Crippen molar-refractivity contribution in [2.24, 2.45) is 0 Å². The third-order valence-corrected chi connectivity index (χ3v) is 4.25. The van der Waals surface area contributed by atoms with Crippen LogP contribution < -0.4 is 4.72 Å². The van der Waals surface area contributed by atoms with E-state index in [1.807, 2.05) is 0 Å². The monoisotopic (exact) mass is 370 g/mol. The molecule has 0 radical (unpaired) electrons. The molecular weight excluding hydrogens is 360 g/mol. The number of pyridine rings is 1. The molecule has 1 aromatic heterocycles. The second-order valence-electron chi connectivity index (χ2n) is 4.23. The van der Waals surface area contributed by atoms with Crippen LogP contribution in [0.1, 0.15) is 16.1 Å². The van der Waals surface area contributed by atoms with Crippen molar-refractivity contribution in [3.63, 3.8) is 0 Å². The van der Waals surface area contributed by atoms with Gasteiger partial charge in [-0.05, 0) is 29.8 Å². The molecule has 0 saturated carbocycles. The Kier molecular flexibility index (Phi) is 4.59. The zero-order valence-corrected chi connectivity index (χ0v) is 13.1. The molecule has 8 heteroatoms. The van der Waals surface area contributed by atoms with Crippen molar-refractivity contribution in [2.75, 3.05) is 4.72 Å². The number of nitrogens with zero attached hydrogens (tertiary/aromatic N) is 1. The molecule has 2 rings (SSSR count). The van der Waals surface area contributed by atoms with E-state index in [-0.39, 0.29) is 17.1 Å². The lowest BCUT2D eigenvalue weighted by Gasteiger charge is -2.08. The molecule has 6 nitrogen and oxygen atoms in total. The lowest BCUT2D eigenvalue weighted by Crippen LogP contribution is -2.15. The largest absolute Gasteiger partial charge is 0.477 e. The van der Waals surface area contributed by atoms with Gasteiger partial charge in [0.25, 0.3) is 0 Å². The molecule has 0 aliphatic heterocycles. The molecule has 0 unspecified atom stereocenters. The number of benzene rings is 1. The van der Waals surface area contributed by atoms with Crippen LogP contribution in [0, 0.1) is 0 Å². The average Bonchev–Trinajstić information content (AvgIpc) is 2.37. The highest BCUT2D eigenvalue weighted by Gasteiger charge is 2.13. The van der Waals surface area contributed by atoms with Gasteiger partial charge in [-0.15, -0.1) is 0 Å². The SMILES string of the molecule is O=C(O)c1cc(NS(=O)(=O)Cc2cccc(Br)c2)ccn1. The molecule has 110 valence electrons. The van der Waals surface area contributed by atoms with Gasteiger partial charge in [0.1, 0.15) is 5.69 Å². The third-order valence-electron chi connectivity index (χ3n) is 2.50. The fourth-order valence-electron chi connectivity index (χ4n) is 1.67. The number of aromatic nitrogens is 1. The number of hydrogen-bond acceptors (Lipinski definition) is 4. The molecule has 0 aliphatic carbocycles. The number of rotatable bonds is 5. The van der Waals surface area contributed by atoms with E-state index >= 15 is 0 Å². The van der Waals surface area contributed by atoms with Crippen molar-refractivity contribution >= 4 is 37.6 Å². The number of aromatic carboxylic acids is 1. The molecule has 21 heavy (non-hydrogen) atoms. The fourth-order valence-corrected chi connectivity index (χ4v) is 3.30. The van der Waals surface area contributed by atoms with E-state index in [0.29, 0.717) is 5.56 Å². The summed E-state index contributed by atoms with van der Waals surface area (Å²) in [6.07, 6.45) is 1.24. The number of hydrogen-bond donors (Lipinski definition) is 2. The van der Waals surface area contributed by atoms with Crippen LogP contribution in [0.5, 0.6) is 0 Å². The maximum atomic E-state index is 12.1. The number of halogens is 1. The van der Waals surface area contributed by atoms with E-state index in [1.165, 1.54) is 18.3 Å². The standard InChI is InChI=1S/C13H11BrN2O4S/c14-10-3-1-2-9(6-10)8-21(19,20)16-11-4-5-15-12(7-11)13(17)18/h1-7H,8H2,(H,15,16)(H,17,18). The van der Waals surface area contributed by atoms with E-state index in [0.717, 1.165) is 4.47 Å². The molecular formula is C13H11BrN2O4S. The van der Waals surface area contributed by atoms with Gasteiger partial charge < -0.3 is 5.11 Å². The van der Waals surface area contributed by atoms with Gasteiger partial charge in [-0.25, -0.2) is 18.2 Å². The number of carbonyl (C=O) groups is 1. The van der Waals surface area contributed by atoms with Crippen molar-refractivity contribution in [3.05, 3.63) is 58.3 Å². The molecule has 0 saturated heterocycles. The zero-order valence-electron chi connectivity index (χ0n) is 10.7. The first-order valence-corrected chi connectivity index (χ1v) is 8.24. The normalized spacial score (nSPS) is 11.1. The highest BCUT2D eigenvalue weighted by molar-refractivity contribution is 9.10. The minimum atomic E-state index is -3.64. The Morgan fingerprint density at radius 3 is 2.71 bits per heavy atom. The second kappa shape index (κ2) is 6.23. The Morgan fingerprint density at radius 2 is 2.05 bits per heavy atom. The summed E-state index contributed by atoms with van der Waals surface area (Å²) in [5.74, 6) is -1.43. The van der Waals surface area contributed by atoms with E-state index < -0.39 is 16.0 Å². The Morgan fingerprint density at radius 1 is 1.29 bits per heavy atom. The summed E-state index contributed by atoms with van der Waals surface area (Å²) in [5, 5.41) is 8.83. The van der Waals surface area contributed by atoms with Crippen LogP contribution >= 0.6 is 15.9 Å². The Balaban J connectivity index is 2.18. The molecule has 0 atom stereocenters. The Labute approximate surface area is 130 Å². The van der Waals surface area contributed by atoms with Crippen LogP contribution in [0.3, 0.4) is 0 Å². The van der Waals surface area contributed by atoms with Crippen LogP contribution in [0.25, 0.3) is 0 Å². The van der Waals surface area contributed by atoms with Crippen molar-refractivity contribution in [3.8, 4) is 0 Å². The molecule has 0 spiro atoms. The summed E-state index contributed by atoms with van der Waals surface area (Å²) in [6, 6.07) is 9.49. The van der Waals surface area contributed by atoms with Crippen LogP contribution in [-0.4, -0.2) is 24.5 Å². The number of anilines is 1. The van der Waals surface area contributed by atoms with Crippen LogP contribution in [0.2, 0.25) is 0 Å². The molecule has 1 aromatic carbocycles. The van der Waals surface area contributed by atoms with Gasteiger partial charge in [-0.3, -0.25) is 4.72 Å². The molecule has 2 N–H and O–H groups in total. The summed E-state index contributed by atoms with van der Waals surface area (Å²) in [4.78, 5) is 14.4. The molecule has 0 amide bonds. The van der Waals surface area contributed by atoms with E-state index in [2.05, 4.69) is 25.6 Å². The number of sulfonamides is 1. The summed E-state index contributed by atoms with van der Waals surface area (Å²) in [6.45, 7) is 0. The molecule has 0 bridgehead atoms. The lowest BCUT2D eigenvalue weighted by molar-refractivity contribution is 0.0690. The quantitative estimate of drug-likeness (QED) is 0.842. The first-order chi connectivity index (χ1) is 9.85. The topological polar surface area (TPSA) is 96.4 Å². The van der Waals surface area contributed by atoms with Crippen molar-refractivity contribution in [1.29, 1.82) is 0 Å². The number of carboxylic acids is 1. The fraction of sp³-hybridized carbons (Fsp3) is 0.0769. The predicted molar refractivity (Wildman–Crippen MR) is 81.6 cm³/mol. The predicted octanol–water partition coefficient (Wildman–Crippen LogP) is 2.48. The summed E-state index contributed by atoms with van der Waals surface area (Å²) >= 11 is 3.27. The Bertz CT molecular complexity index is 777. The van der Waals surface area contributed by atoms with Gasteiger partial charge in [0.05, 0.1) is 11.4 Å². The molecule has 2 aromatic rings. The van der Waals surface area contributed by atoms with Crippen molar-refractivity contribution in [1.82, 2.24) is 4.98 Å². The van der Waals surface area contributed by atoms with Crippen LogP contribution in [0.4, 0.5) is 5.69 Å². The first kappa shape index (κ1) is 15.5. The van der Waals surface area contributed by atoms with E-state index in [1.54, 1.807) is 24.3 Å². The molecule has 1 heterocycles. The Hall–Kier alpha value is -1.93. The average molecular weight is 371 g/mol. The number of nitrogens with one attached hydrogen (secondary N) is 1. The summed E-state index contributed by atoms with van der Waals surface area (Å²) < 4.78 is 27.3. The highest BCUT2D eigenvalue weighted by atomic mass is 79.9. The summed E-state index contributed by atoms with van der Waals surface area (Å²) in [5.41, 5.74) is 0.555. The van der Waals surface area contributed by atoms with Gasteiger partial charge in [-0.1, -0.05) is 28.1 Å². The van der Waals surface area contributed by atoms with Crippen molar-refractivity contribution in [2.45, 2.75) is 5.75 Å². The van der Waals surface area contributed by atoms with Crippen LogP contribution in [-0.2, 0) is 15.8 Å². The summed E-state index contributed by atoms with van der Waals surface area (Å²) in [7, 11) is -3.64. The first-order valence-electron chi connectivity index (χ1n) is 5.80. The minimum Gasteiger partial charge on any atom is -0.477 e. The van der Waals surface area contributed by atoms with Gasteiger partial charge in [0, 0.05) is 10.7 Å². The van der Waals surface area contributed by atoms with Crippen LogP contribution in [0.15, 0.2) is 47.1 Å². The smallest absolute Gasteiger partial charge is 0.354 e. The third kappa shape index (κ3) is 4.54. The van der Waals surface area contributed by atoms with E-state index in [4.69, 9.17) is 5.11 Å². The minimum absolute atomic E-state index is 0.164.